The van der Waals surface area contributed by atoms with Crippen molar-refractivity contribution < 1.29 is 9.53 Å². The normalized spacial score (nSPS) is 13.1. The van der Waals surface area contributed by atoms with E-state index in [2.05, 4.69) is 5.10 Å². The summed E-state index contributed by atoms with van der Waals surface area (Å²) in [5.41, 5.74) is 3.83. The predicted octanol–water partition coefficient (Wildman–Crippen LogP) is 2.57. The summed E-state index contributed by atoms with van der Waals surface area (Å²) in [6, 6.07) is 7.70. The summed E-state index contributed by atoms with van der Waals surface area (Å²) in [5.74, 6) is 1.05. The number of Topliss-reactive ketones (excluding diaryl/α,β-unsaturated/α-hetero) is 1. The van der Waals surface area contributed by atoms with Crippen molar-refractivity contribution in [3.63, 3.8) is 0 Å². The molecule has 1 aromatic carbocycles. The lowest BCUT2D eigenvalue weighted by Crippen LogP contribution is -2.09. The molecule has 0 atom stereocenters. The molecule has 1 aliphatic heterocycles. The molecule has 0 aliphatic carbocycles. The summed E-state index contributed by atoms with van der Waals surface area (Å²) in [4.78, 5) is 12.4. The summed E-state index contributed by atoms with van der Waals surface area (Å²) in [5, 5.41) is 4.38. The van der Waals surface area contributed by atoms with Gasteiger partial charge in [0.25, 0.3) is 0 Å². The van der Waals surface area contributed by atoms with E-state index in [1.165, 1.54) is 0 Å². The zero-order valence-electron chi connectivity index (χ0n) is 11.8. The van der Waals surface area contributed by atoms with Gasteiger partial charge in [-0.3, -0.25) is 9.48 Å². The number of nitrogens with zero attached hydrogens (tertiary/aromatic N) is 2. The van der Waals surface area contributed by atoms with E-state index in [-0.39, 0.29) is 5.78 Å². The second-order valence-electron chi connectivity index (χ2n) is 5.11. The topological polar surface area (TPSA) is 44.1 Å². The summed E-state index contributed by atoms with van der Waals surface area (Å²) in [7, 11) is 0. The minimum Gasteiger partial charge on any atom is -0.493 e. The highest BCUT2D eigenvalue weighted by Crippen LogP contribution is 2.26. The molecule has 2 heterocycles. The van der Waals surface area contributed by atoms with Gasteiger partial charge in [-0.2, -0.15) is 5.10 Å². The van der Waals surface area contributed by atoms with Crippen LogP contribution in [0, 0.1) is 6.92 Å². The number of hydrogen-bond donors (Lipinski definition) is 0. The lowest BCUT2D eigenvalue weighted by molar-refractivity contribution is 0.0990. The molecule has 2 aromatic rings. The van der Waals surface area contributed by atoms with Gasteiger partial charge in [-0.05, 0) is 43.7 Å². The monoisotopic (exact) mass is 270 g/mol. The third-order valence-corrected chi connectivity index (χ3v) is 3.64. The molecule has 0 bridgehead atoms. The SMILES string of the molecule is CCn1nc(C)cc1CC(=O)c1ccc2c(c1)CCO2. The molecule has 3 rings (SSSR count). The number of ether oxygens (including phenoxy) is 1. The number of fused-ring (bicyclic) bond motifs is 1. The Morgan fingerprint density at radius 3 is 3.05 bits per heavy atom. The van der Waals surface area contributed by atoms with Crippen LogP contribution in [0.5, 0.6) is 5.75 Å². The molecule has 0 saturated carbocycles. The fourth-order valence-corrected chi connectivity index (χ4v) is 2.64. The fraction of sp³-hybridized carbons (Fsp3) is 0.375. The maximum Gasteiger partial charge on any atom is 0.168 e. The van der Waals surface area contributed by atoms with Crippen molar-refractivity contribution in [2.75, 3.05) is 6.61 Å². The maximum absolute atomic E-state index is 12.4. The second-order valence-corrected chi connectivity index (χ2v) is 5.11. The Morgan fingerprint density at radius 1 is 1.40 bits per heavy atom. The van der Waals surface area contributed by atoms with Crippen molar-refractivity contribution >= 4 is 5.78 Å². The van der Waals surface area contributed by atoms with E-state index in [0.29, 0.717) is 6.42 Å². The van der Waals surface area contributed by atoms with Crippen LogP contribution in [0.2, 0.25) is 0 Å². The Labute approximate surface area is 118 Å². The van der Waals surface area contributed by atoms with Crippen LogP contribution in [-0.2, 0) is 19.4 Å². The Balaban J connectivity index is 1.82. The Bertz CT molecular complexity index is 658. The largest absolute Gasteiger partial charge is 0.493 e. The minimum absolute atomic E-state index is 0.134. The van der Waals surface area contributed by atoms with E-state index in [0.717, 1.165) is 47.8 Å². The van der Waals surface area contributed by atoms with Gasteiger partial charge >= 0.3 is 0 Å². The number of carbonyl (C=O) groups is 1. The number of benzene rings is 1. The van der Waals surface area contributed by atoms with Crippen molar-refractivity contribution in [2.24, 2.45) is 0 Å². The molecule has 0 N–H and O–H groups in total. The molecule has 20 heavy (non-hydrogen) atoms. The predicted molar refractivity (Wildman–Crippen MR) is 76.3 cm³/mol. The van der Waals surface area contributed by atoms with Crippen molar-refractivity contribution in [3.8, 4) is 5.75 Å². The molecule has 1 aliphatic rings. The van der Waals surface area contributed by atoms with Crippen LogP contribution in [-0.4, -0.2) is 22.2 Å². The van der Waals surface area contributed by atoms with Crippen LogP contribution in [0.3, 0.4) is 0 Å². The van der Waals surface area contributed by atoms with E-state index in [1.807, 2.05) is 42.8 Å². The first-order chi connectivity index (χ1) is 9.67. The van der Waals surface area contributed by atoms with Gasteiger partial charge in [0.15, 0.2) is 5.78 Å². The quantitative estimate of drug-likeness (QED) is 0.802. The molecule has 104 valence electrons. The zero-order valence-corrected chi connectivity index (χ0v) is 11.8. The molecule has 0 spiro atoms. The smallest absolute Gasteiger partial charge is 0.168 e. The Hall–Kier alpha value is -2.10. The molecular formula is C16H18N2O2. The molecule has 1 aromatic heterocycles. The van der Waals surface area contributed by atoms with Crippen molar-refractivity contribution in [1.29, 1.82) is 0 Å². The molecule has 0 amide bonds. The van der Waals surface area contributed by atoms with Gasteiger partial charge < -0.3 is 4.74 Å². The number of aryl methyl sites for hydroxylation is 2. The van der Waals surface area contributed by atoms with Crippen molar-refractivity contribution in [2.45, 2.75) is 33.2 Å². The molecule has 0 radical (unpaired) electrons. The standard InChI is InChI=1S/C16H18N2O2/c1-3-18-14(8-11(2)17-18)10-15(19)12-4-5-16-13(9-12)6-7-20-16/h4-5,8-9H,3,6-7,10H2,1-2H3. The van der Waals surface area contributed by atoms with Crippen molar-refractivity contribution in [3.05, 3.63) is 46.8 Å². The Morgan fingerprint density at radius 2 is 2.25 bits per heavy atom. The van der Waals surface area contributed by atoms with Crippen LogP contribution in [0.4, 0.5) is 0 Å². The summed E-state index contributed by atoms with van der Waals surface area (Å²) in [6.45, 7) is 5.49. The van der Waals surface area contributed by atoms with Crippen LogP contribution >= 0.6 is 0 Å². The zero-order chi connectivity index (χ0) is 14.1. The molecule has 0 fully saturated rings. The fourth-order valence-electron chi connectivity index (χ4n) is 2.64. The van der Waals surface area contributed by atoms with Crippen LogP contribution in [0.25, 0.3) is 0 Å². The first-order valence-corrected chi connectivity index (χ1v) is 6.99. The molecular weight excluding hydrogens is 252 g/mol. The summed E-state index contributed by atoms with van der Waals surface area (Å²) >= 11 is 0. The molecule has 0 saturated heterocycles. The number of carbonyl (C=O) groups excluding carboxylic acids is 1. The second kappa shape index (κ2) is 5.12. The van der Waals surface area contributed by atoms with E-state index in [9.17, 15) is 4.79 Å². The third-order valence-electron chi connectivity index (χ3n) is 3.64. The van der Waals surface area contributed by atoms with Crippen LogP contribution in [0.1, 0.15) is 34.2 Å². The number of aromatic nitrogens is 2. The highest BCUT2D eigenvalue weighted by atomic mass is 16.5. The average molecular weight is 270 g/mol. The van der Waals surface area contributed by atoms with Gasteiger partial charge in [0.2, 0.25) is 0 Å². The van der Waals surface area contributed by atoms with E-state index < -0.39 is 0 Å². The van der Waals surface area contributed by atoms with Gasteiger partial charge in [0, 0.05) is 24.2 Å². The summed E-state index contributed by atoms with van der Waals surface area (Å²) in [6.07, 6.45) is 1.29. The first-order valence-electron chi connectivity index (χ1n) is 6.99. The number of rotatable bonds is 4. The van der Waals surface area contributed by atoms with Crippen LogP contribution in [0.15, 0.2) is 24.3 Å². The van der Waals surface area contributed by atoms with Crippen LogP contribution < -0.4 is 4.74 Å². The highest BCUT2D eigenvalue weighted by molar-refractivity contribution is 5.97. The average Bonchev–Trinajstić information content (AvgIpc) is 3.03. The van der Waals surface area contributed by atoms with Crippen molar-refractivity contribution in [1.82, 2.24) is 9.78 Å². The highest BCUT2D eigenvalue weighted by Gasteiger charge is 2.16. The lowest BCUT2D eigenvalue weighted by atomic mass is 10.0. The van der Waals surface area contributed by atoms with Gasteiger partial charge in [0.05, 0.1) is 18.7 Å². The molecule has 0 unspecified atom stereocenters. The number of hydrogen-bond acceptors (Lipinski definition) is 3. The van der Waals surface area contributed by atoms with E-state index in [1.54, 1.807) is 0 Å². The first kappa shape index (κ1) is 12.9. The maximum atomic E-state index is 12.4. The molecule has 4 nitrogen and oxygen atoms in total. The lowest BCUT2D eigenvalue weighted by Gasteiger charge is -2.05. The molecule has 4 heteroatoms. The van der Waals surface area contributed by atoms with E-state index in [4.69, 9.17) is 4.74 Å². The van der Waals surface area contributed by atoms with E-state index >= 15 is 0 Å². The van der Waals surface area contributed by atoms with Gasteiger partial charge in [0.1, 0.15) is 5.75 Å². The Kier molecular flexibility index (Phi) is 3.30. The number of ketones is 1. The third kappa shape index (κ3) is 2.33. The summed E-state index contributed by atoms with van der Waals surface area (Å²) < 4.78 is 7.36. The van der Waals surface area contributed by atoms with Gasteiger partial charge in [-0.15, -0.1) is 0 Å². The van der Waals surface area contributed by atoms with Gasteiger partial charge in [-0.1, -0.05) is 0 Å². The minimum atomic E-state index is 0.134. The van der Waals surface area contributed by atoms with Gasteiger partial charge in [-0.25, -0.2) is 0 Å².